The van der Waals surface area contributed by atoms with Crippen molar-refractivity contribution in [3.05, 3.63) is 11.6 Å². The van der Waals surface area contributed by atoms with Crippen LogP contribution in [-0.2, 0) is 14.3 Å². The van der Waals surface area contributed by atoms with Crippen LogP contribution in [0.1, 0.15) is 77.0 Å². The molecule has 0 radical (unpaired) electrons. The smallest absolute Gasteiger partial charge is 0.341 e. The predicted octanol–water partition coefficient (Wildman–Crippen LogP) is 4.31. The summed E-state index contributed by atoms with van der Waals surface area (Å²) >= 11 is 0. The molecular formula is C17H26O3. The Bertz CT molecular complexity index is 358. The van der Waals surface area contributed by atoms with E-state index in [1.165, 1.54) is 57.8 Å². The van der Waals surface area contributed by atoms with Crippen LogP contribution in [0.3, 0.4) is 0 Å². The first-order valence-electron chi connectivity index (χ1n) is 8.21. The monoisotopic (exact) mass is 278 g/mol. The number of hydrogen-bond donors (Lipinski definition) is 0. The highest BCUT2D eigenvalue weighted by atomic mass is 16.6. The molecule has 1 aliphatic heterocycles. The quantitative estimate of drug-likeness (QED) is 0.408. The van der Waals surface area contributed by atoms with Gasteiger partial charge in [0.05, 0.1) is 6.42 Å². The van der Waals surface area contributed by atoms with Crippen molar-refractivity contribution in [3.8, 4) is 0 Å². The van der Waals surface area contributed by atoms with Gasteiger partial charge in [0, 0.05) is 5.57 Å². The Morgan fingerprint density at radius 2 is 1.30 bits per heavy atom. The summed E-state index contributed by atoms with van der Waals surface area (Å²) in [6, 6.07) is 0. The molecule has 0 N–H and O–H groups in total. The van der Waals surface area contributed by atoms with E-state index in [4.69, 9.17) is 0 Å². The molecule has 0 amide bonds. The fourth-order valence-corrected chi connectivity index (χ4v) is 3.21. The molecule has 0 aromatic heterocycles. The first kappa shape index (κ1) is 15.3. The van der Waals surface area contributed by atoms with Crippen LogP contribution >= 0.6 is 0 Å². The normalized spacial score (nSPS) is 26.1. The van der Waals surface area contributed by atoms with Gasteiger partial charge in [-0.15, -0.1) is 0 Å². The SMILES string of the molecule is O=C1C/C(=C\C2CCCCCCCCCCC2)C(=O)O1. The summed E-state index contributed by atoms with van der Waals surface area (Å²) in [5.41, 5.74) is 0.590. The van der Waals surface area contributed by atoms with Crippen molar-refractivity contribution in [3.63, 3.8) is 0 Å². The van der Waals surface area contributed by atoms with Gasteiger partial charge < -0.3 is 4.74 Å². The average molecular weight is 278 g/mol. The number of allylic oxidation sites excluding steroid dienone is 1. The highest BCUT2D eigenvalue weighted by molar-refractivity contribution is 6.05. The summed E-state index contributed by atoms with van der Waals surface area (Å²) in [4.78, 5) is 22.7. The molecule has 0 spiro atoms. The van der Waals surface area contributed by atoms with Gasteiger partial charge in [0.25, 0.3) is 0 Å². The van der Waals surface area contributed by atoms with E-state index < -0.39 is 11.9 Å². The number of esters is 2. The van der Waals surface area contributed by atoms with Crippen LogP contribution in [0.25, 0.3) is 0 Å². The van der Waals surface area contributed by atoms with Crippen LogP contribution in [0.2, 0.25) is 0 Å². The lowest BCUT2D eigenvalue weighted by Gasteiger charge is -2.14. The molecule has 0 unspecified atom stereocenters. The molecule has 1 heterocycles. The molecular weight excluding hydrogens is 252 g/mol. The largest absolute Gasteiger partial charge is 0.389 e. The number of cyclic esters (lactones) is 2. The third kappa shape index (κ3) is 5.10. The average Bonchev–Trinajstić information content (AvgIpc) is 2.71. The van der Waals surface area contributed by atoms with Gasteiger partial charge in [-0.2, -0.15) is 0 Å². The Kier molecular flexibility index (Phi) is 6.28. The van der Waals surface area contributed by atoms with Crippen LogP contribution in [0.15, 0.2) is 11.6 Å². The van der Waals surface area contributed by atoms with Crippen molar-refractivity contribution < 1.29 is 14.3 Å². The Hall–Kier alpha value is -1.12. The second-order valence-corrected chi connectivity index (χ2v) is 6.15. The van der Waals surface area contributed by atoms with Gasteiger partial charge in [0.1, 0.15) is 0 Å². The number of hydrogen-bond acceptors (Lipinski definition) is 3. The molecule has 1 saturated heterocycles. The minimum atomic E-state index is -0.416. The summed E-state index contributed by atoms with van der Waals surface area (Å²) in [5.74, 6) is -0.363. The Morgan fingerprint density at radius 3 is 1.75 bits per heavy atom. The third-order valence-corrected chi connectivity index (χ3v) is 4.39. The van der Waals surface area contributed by atoms with Crippen molar-refractivity contribution >= 4 is 11.9 Å². The number of carbonyl (C=O) groups excluding carboxylic acids is 2. The van der Waals surface area contributed by atoms with E-state index in [0.717, 1.165) is 12.8 Å². The molecule has 0 aromatic carbocycles. The van der Waals surface area contributed by atoms with E-state index in [-0.39, 0.29) is 6.42 Å². The zero-order chi connectivity index (χ0) is 14.2. The predicted molar refractivity (Wildman–Crippen MR) is 78.1 cm³/mol. The Balaban J connectivity index is 1.90. The Morgan fingerprint density at radius 1 is 0.800 bits per heavy atom. The Labute approximate surface area is 121 Å². The molecule has 0 atom stereocenters. The molecule has 2 aliphatic rings. The molecule has 2 fully saturated rings. The lowest BCUT2D eigenvalue weighted by atomic mass is 9.91. The zero-order valence-corrected chi connectivity index (χ0v) is 12.4. The summed E-state index contributed by atoms with van der Waals surface area (Å²) < 4.78 is 4.61. The van der Waals surface area contributed by atoms with E-state index in [2.05, 4.69) is 4.74 Å². The first-order valence-corrected chi connectivity index (χ1v) is 8.21. The molecule has 0 aromatic rings. The van der Waals surface area contributed by atoms with Gasteiger partial charge in [-0.1, -0.05) is 63.9 Å². The van der Waals surface area contributed by atoms with Crippen LogP contribution in [0.5, 0.6) is 0 Å². The maximum atomic E-state index is 11.5. The molecule has 112 valence electrons. The van der Waals surface area contributed by atoms with Crippen molar-refractivity contribution in [2.45, 2.75) is 77.0 Å². The fourth-order valence-electron chi connectivity index (χ4n) is 3.21. The fraction of sp³-hybridized carbons (Fsp3) is 0.765. The standard InChI is InChI=1S/C17H26O3/c18-16-13-15(17(19)20-16)12-14-10-8-6-4-2-1-3-5-7-9-11-14/h12,14H,1-11,13H2/b15-12+. The molecule has 3 heteroatoms. The highest BCUT2D eigenvalue weighted by Crippen LogP contribution is 2.25. The second kappa shape index (κ2) is 8.23. The van der Waals surface area contributed by atoms with E-state index in [1.54, 1.807) is 0 Å². The van der Waals surface area contributed by atoms with Gasteiger partial charge in [-0.25, -0.2) is 4.79 Å². The third-order valence-electron chi connectivity index (χ3n) is 4.39. The number of ether oxygens (including phenoxy) is 1. The van der Waals surface area contributed by atoms with Gasteiger partial charge in [0.2, 0.25) is 0 Å². The van der Waals surface area contributed by atoms with Crippen molar-refractivity contribution in [1.82, 2.24) is 0 Å². The van der Waals surface area contributed by atoms with E-state index in [9.17, 15) is 9.59 Å². The van der Waals surface area contributed by atoms with Crippen molar-refractivity contribution in [2.75, 3.05) is 0 Å². The molecule has 20 heavy (non-hydrogen) atoms. The maximum Gasteiger partial charge on any atom is 0.341 e. The maximum absolute atomic E-state index is 11.5. The van der Waals surface area contributed by atoms with Gasteiger partial charge in [0.15, 0.2) is 0 Å². The first-order chi connectivity index (χ1) is 9.75. The molecule has 3 nitrogen and oxygen atoms in total. The number of rotatable bonds is 1. The van der Waals surface area contributed by atoms with Gasteiger partial charge in [-0.05, 0) is 18.8 Å². The topological polar surface area (TPSA) is 43.4 Å². The minimum Gasteiger partial charge on any atom is -0.389 e. The summed E-state index contributed by atoms with van der Waals surface area (Å²) in [6.07, 6.45) is 16.3. The lowest BCUT2D eigenvalue weighted by molar-refractivity contribution is -0.151. The summed E-state index contributed by atoms with van der Waals surface area (Å²) in [5, 5.41) is 0. The van der Waals surface area contributed by atoms with Crippen LogP contribution in [-0.4, -0.2) is 11.9 Å². The van der Waals surface area contributed by atoms with E-state index >= 15 is 0 Å². The van der Waals surface area contributed by atoms with Gasteiger partial charge >= 0.3 is 11.9 Å². The lowest BCUT2D eigenvalue weighted by Crippen LogP contribution is -2.03. The van der Waals surface area contributed by atoms with Crippen molar-refractivity contribution in [2.24, 2.45) is 5.92 Å². The van der Waals surface area contributed by atoms with Crippen LogP contribution < -0.4 is 0 Å². The second-order valence-electron chi connectivity index (χ2n) is 6.15. The van der Waals surface area contributed by atoms with Gasteiger partial charge in [-0.3, -0.25) is 4.79 Å². The highest BCUT2D eigenvalue weighted by Gasteiger charge is 2.27. The minimum absolute atomic E-state index is 0.176. The van der Waals surface area contributed by atoms with Crippen LogP contribution in [0, 0.1) is 5.92 Å². The zero-order valence-electron chi connectivity index (χ0n) is 12.4. The molecule has 2 rings (SSSR count). The molecule has 1 aliphatic carbocycles. The summed E-state index contributed by atoms with van der Waals surface area (Å²) in [7, 11) is 0. The molecule has 1 saturated carbocycles. The molecule has 0 bridgehead atoms. The van der Waals surface area contributed by atoms with E-state index in [1.807, 2.05) is 6.08 Å². The number of carbonyl (C=O) groups is 2. The van der Waals surface area contributed by atoms with Crippen LogP contribution in [0.4, 0.5) is 0 Å². The summed E-state index contributed by atoms with van der Waals surface area (Å²) in [6.45, 7) is 0. The van der Waals surface area contributed by atoms with E-state index in [0.29, 0.717) is 11.5 Å². The van der Waals surface area contributed by atoms with Crippen molar-refractivity contribution in [1.29, 1.82) is 0 Å².